The largest absolute Gasteiger partial charge is 0.395 e. The summed E-state index contributed by atoms with van der Waals surface area (Å²) in [6.07, 6.45) is -6.31. The van der Waals surface area contributed by atoms with Gasteiger partial charge >= 0.3 is 6.43 Å². The number of carbonyl (C=O) groups excluding carboxylic acids is 1. The van der Waals surface area contributed by atoms with Crippen LogP contribution in [-0.2, 0) is 4.79 Å². The standard InChI is InChI=1S/C8H13F2NO5S/c9-6(10)7(15)11-3-5(14)4(13)2(1-12)17-8(3)16/h2-6,8,12-14,16H,1H2,(H,11,15)/t2?,3?,4-,5-,8?/m1/s1. The molecule has 0 aromatic rings. The van der Waals surface area contributed by atoms with Crippen LogP contribution in [0.25, 0.3) is 0 Å². The van der Waals surface area contributed by atoms with Crippen molar-refractivity contribution >= 4 is 17.7 Å². The molecule has 1 aliphatic rings. The first-order valence-electron chi connectivity index (χ1n) is 4.77. The number of halogens is 2. The summed E-state index contributed by atoms with van der Waals surface area (Å²) in [5.74, 6) is -1.64. The van der Waals surface area contributed by atoms with Gasteiger partial charge in [0.2, 0.25) is 0 Å². The van der Waals surface area contributed by atoms with Crippen LogP contribution in [0, 0.1) is 0 Å². The van der Waals surface area contributed by atoms with E-state index < -0.39 is 47.9 Å². The van der Waals surface area contributed by atoms with Crippen LogP contribution in [0.1, 0.15) is 0 Å². The van der Waals surface area contributed by atoms with Crippen molar-refractivity contribution < 1.29 is 34.0 Å². The molecule has 0 radical (unpaired) electrons. The highest BCUT2D eigenvalue weighted by Gasteiger charge is 2.44. The van der Waals surface area contributed by atoms with E-state index in [0.717, 1.165) is 0 Å². The van der Waals surface area contributed by atoms with Crippen LogP contribution in [0.2, 0.25) is 0 Å². The van der Waals surface area contributed by atoms with Gasteiger partial charge in [0.05, 0.1) is 24.0 Å². The Hall–Kier alpha value is -0.480. The summed E-state index contributed by atoms with van der Waals surface area (Å²) < 4.78 is 24.0. The number of alkyl halides is 2. The summed E-state index contributed by atoms with van der Waals surface area (Å²) >= 11 is 0.696. The Morgan fingerprint density at radius 1 is 1.29 bits per heavy atom. The van der Waals surface area contributed by atoms with Crippen molar-refractivity contribution in [3.63, 3.8) is 0 Å². The van der Waals surface area contributed by atoms with E-state index in [4.69, 9.17) is 5.11 Å². The molecule has 6 nitrogen and oxygen atoms in total. The number of amides is 1. The second-order valence-electron chi connectivity index (χ2n) is 3.56. The number of aliphatic hydroxyl groups is 4. The Kier molecular flexibility index (Phi) is 5.07. The first kappa shape index (κ1) is 14.6. The van der Waals surface area contributed by atoms with E-state index in [1.165, 1.54) is 0 Å². The maximum absolute atomic E-state index is 12.0. The predicted octanol–water partition coefficient (Wildman–Crippen LogP) is -2.12. The molecule has 1 saturated heterocycles. The van der Waals surface area contributed by atoms with Gasteiger partial charge in [0.1, 0.15) is 11.5 Å². The smallest absolute Gasteiger partial charge is 0.315 e. The average Bonchev–Trinajstić information content (AvgIpc) is 2.28. The predicted molar refractivity (Wildman–Crippen MR) is 54.4 cm³/mol. The lowest BCUT2D eigenvalue weighted by atomic mass is 10.0. The highest BCUT2D eigenvalue weighted by Crippen LogP contribution is 2.31. The van der Waals surface area contributed by atoms with Crippen molar-refractivity contribution in [1.82, 2.24) is 5.32 Å². The molecular formula is C8H13F2NO5S. The molecule has 5 N–H and O–H groups in total. The third-order valence-corrected chi connectivity index (χ3v) is 3.76. The number of aliphatic hydroxyl groups excluding tert-OH is 4. The number of nitrogens with one attached hydrogen (secondary N) is 1. The molecule has 0 aliphatic carbocycles. The van der Waals surface area contributed by atoms with Gasteiger partial charge in [-0.15, -0.1) is 11.8 Å². The third kappa shape index (κ3) is 3.26. The summed E-state index contributed by atoms with van der Waals surface area (Å²) in [7, 11) is 0. The van der Waals surface area contributed by atoms with Crippen LogP contribution in [0.15, 0.2) is 0 Å². The monoisotopic (exact) mass is 273 g/mol. The fraction of sp³-hybridized carbons (Fsp3) is 0.875. The fourth-order valence-electron chi connectivity index (χ4n) is 1.48. The first-order valence-corrected chi connectivity index (χ1v) is 5.71. The van der Waals surface area contributed by atoms with Crippen LogP contribution in [-0.4, -0.2) is 68.3 Å². The summed E-state index contributed by atoms with van der Waals surface area (Å²) in [5.41, 5.74) is -1.38. The van der Waals surface area contributed by atoms with E-state index in [2.05, 4.69) is 0 Å². The Morgan fingerprint density at radius 3 is 2.35 bits per heavy atom. The number of hydrogen-bond acceptors (Lipinski definition) is 6. The van der Waals surface area contributed by atoms with Crippen molar-refractivity contribution in [2.24, 2.45) is 0 Å². The van der Waals surface area contributed by atoms with Crippen LogP contribution < -0.4 is 5.32 Å². The summed E-state index contributed by atoms with van der Waals surface area (Å²) in [6.45, 7) is -0.491. The second kappa shape index (κ2) is 5.91. The van der Waals surface area contributed by atoms with Gasteiger partial charge in [0, 0.05) is 0 Å². The topological polar surface area (TPSA) is 110 Å². The normalized spacial score (nSPS) is 38.2. The van der Waals surface area contributed by atoms with E-state index in [-0.39, 0.29) is 0 Å². The summed E-state index contributed by atoms with van der Waals surface area (Å²) in [6, 6.07) is -1.40. The highest BCUT2D eigenvalue weighted by molar-refractivity contribution is 8.00. The first-order chi connectivity index (χ1) is 7.88. The maximum Gasteiger partial charge on any atom is 0.315 e. The zero-order valence-corrected chi connectivity index (χ0v) is 9.35. The third-order valence-electron chi connectivity index (χ3n) is 2.41. The molecule has 0 aromatic heterocycles. The molecule has 1 aliphatic heterocycles. The quantitative estimate of drug-likeness (QED) is 0.402. The number of hydrogen-bond donors (Lipinski definition) is 5. The maximum atomic E-state index is 12.0. The van der Waals surface area contributed by atoms with Gasteiger partial charge < -0.3 is 25.7 Å². The van der Waals surface area contributed by atoms with Crippen LogP contribution in [0.4, 0.5) is 8.78 Å². The van der Waals surface area contributed by atoms with Gasteiger partial charge in [0.25, 0.3) is 5.91 Å². The van der Waals surface area contributed by atoms with Crippen LogP contribution >= 0.6 is 11.8 Å². The van der Waals surface area contributed by atoms with Crippen molar-refractivity contribution in [3.05, 3.63) is 0 Å². The molecule has 1 fully saturated rings. The number of rotatable bonds is 3. The lowest BCUT2D eigenvalue weighted by molar-refractivity contribution is -0.135. The Balaban J connectivity index is 2.69. The number of thioether (sulfide) groups is 1. The molecule has 3 unspecified atom stereocenters. The molecule has 1 heterocycles. The van der Waals surface area contributed by atoms with Gasteiger partial charge in [-0.3, -0.25) is 4.79 Å². The Morgan fingerprint density at radius 2 is 1.88 bits per heavy atom. The highest BCUT2D eigenvalue weighted by atomic mass is 32.2. The van der Waals surface area contributed by atoms with E-state index in [1.807, 2.05) is 0 Å². The van der Waals surface area contributed by atoms with E-state index in [0.29, 0.717) is 11.8 Å². The second-order valence-corrected chi connectivity index (χ2v) is 4.92. The Bertz CT molecular complexity index is 283. The molecule has 1 rings (SSSR count). The number of carbonyl (C=O) groups is 1. The van der Waals surface area contributed by atoms with Gasteiger partial charge in [0.15, 0.2) is 0 Å². The van der Waals surface area contributed by atoms with E-state index in [9.17, 15) is 28.9 Å². The molecule has 17 heavy (non-hydrogen) atoms. The van der Waals surface area contributed by atoms with E-state index >= 15 is 0 Å². The van der Waals surface area contributed by atoms with Crippen LogP contribution in [0.3, 0.4) is 0 Å². The van der Waals surface area contributed by atoms with Crippen molar-refractivity contribution in [2.45, 2.75) is 35.4 Å². The lowest BCUT2D eigenvalue weighted by Gasteiger charge is -2.39. The molecule has 0 spiro atoms. The van der Waals surface area contributed by atoms with Gasteiger partial charge in [-0.25, -0.2) is 0 Å². The van der Waals surface area contributed by atoms with Crippen molar-refractivity contribution in [1.29, 1.82) is 0 Å². The van der Waals surface area contributed by atoms with Crippen molar-refractivity contribution in [2.75, 3.05) is 6.61 Å². The molecule has 5 atom stereocenters. The van der Waals surface area contributed by atoms with E-state index in [1.54, 1.807) is 5.32 Å². The average molecular weight is 273 g/mol. The lowest BCUT2D eigenvalue weighted by Crippen LogP contribution is -2.61. The molecule has 9 heteroatoms. The fourth-order valence-corrected chi connectivity index (χ4v) is 2.64. The molecule has 1 amide bonds. The summed E-state index contributed by atoms with van der Waals surface area (Å²) in [5, 5.41) is 38.3. The van der Waals surface area contributed by atoms with Crippen molar-refractivity contribution in [3.8, 4) is 0 Å². The van der Waals surface area contributed by atoms with Crippen LogP contribution in [0.5, 0.6) is 0 Å². The summed E-state index contributed by atoms with van der Waals surface area (Å²) in [4.78, 5) is 10.7. The molecule has 0 aromatic carbocycles. The van der Waals surface area contributed by atoms with Gasteiger partial charge in [-0.1, -0.05) is 0 Å². The molecule has 0 bridgehead atoms. The minimum atomic E-state index is -3.27. The minimum Gasteiger partial charge on any atom is -0.395 e. The zero-order chi connectivity index (χ0) is 13.2. The van der Waals surface area contributed by atoms with Gasteiger partial charge in [-0.2, -0.15) is 8.78 Å². The molecular weight excluding hydrogens is 260 g/mol. The molecule has 100 valence electrons. The molecule has 0 saturated carbocycles. The zero-order valence-electron chi connectivity index (χ0n) is 8.53. The minimum absolute atomic E-state index is 0.491. The SMILES string of the molecule is O=C(NC1C(O)SC(CO)[C@@H](O)[C@@H]1O)C(F)F. The Labute approximate surface area is 99.6 Å². The van der Waals surface area contributed by atoms with Gasteiger partial charge in [-0.05, 0) is 0 Å².